The number of hydrogen-bond acceptors (Lipinski definition) is 4. The average Bonchev–Trinajstić information content (AvgIpc) is 2.43. The molecule has 0 saturated heterocycles. The molecule has 5 heteroatoms. The number of carboxylic acids is 1. The Bertz CT molecular complexity index is 256. The second-order valence-electron chi connectivity index (χ2n) is 5.28. The monoisotopic (exact) mass is 287 g/mol. The molecule has 0 amide bonds. The van der Waals surface area contributed by atoms with Crippen LogP contribution in [0.2, 0.25) is 0 Å². The van der Waals surface area contributed by atoms with Gasteiger partial charge in [0.1, 0.15) is 0 Å². The maximum atomic E-state index is 10.8. The van der Waals surface area contributed by atoms with Gasteiger partial charge in [-0.25, -0.2) is 10.3 Å². The Labute approximate surface area is 121 Å². The van der Waals surface area contributed by atoms with Crippen molar-refractivity contribution in [3.63, 3.8) is 0 Å². The van der Waals surface area contributed by atoms with Crippen LogP contribution in [-0.4, -0.2) is 28.6 Å². The first-order chi connectivity index (χ1) is 9.68. The van der Waals surface area contributed by atoms with Gasteiger partial charge in [0.2, 0.25) is 5.78 Å². The predicted molar refractivity (Wildman–Crippen MR) is 77.8 cm³/mol. The van der Waals surface area contributed by atoms with E-state index in [0.717, 1.165) is 19.3 Å². The van der Waals surface area contributed by atoms with Crippen LogP contribution in [0.1, 0.15) is 77.0 Å². The van der Waals surface area contributed by atoms with E-state index in [1.54, 1.807) is 0 Å². The molecule has 0 aliphatic carbocycles. The van der Waals surface area contributed by atoms with Crippen molar-refractivity contribution in [3.8, 4) is 0 Å². The molecule has 118 valence electrons. The van der Waals surface area contributed by atoms with E-state index < -0.39 is 11.8 Å². The lowest BCUT2D eigenvalue weighted by molar-refractivity contribution is -0.149. The summed E-state index contributed by atoms with van der Waals surface area (Å²) in [4.78, 5) is 21.1. The smallest absolute Gasteiger partial charge is 0.372 e. The molecule has 0 bridgehead atoms. The molecule has 20 heavy (non-hydrogen) atoms. The first kappa shape index (κ1) is 19.1. The molecule has 0 aromatic carbocycles. The molecule has 0 aliphatic heterocycles. The molecule has 0 unspecified atom stereocenters. The van der Waals surface area contributed by atoms with Crippen LogP contribution >= 0.6 is 0 Å². The first-order valence-electron chi connectivity index (χ1n) is 7.81. The number of carboxylic acid groups (broad SMARTS) is 1. The fourth-order valence-electron chi connectivity index (χ4n) is 2.19. The van der Waals surface area contributed by atoms with Gasteiger partial charge in [0.15, 0.2) is 0 Å². The van der Waals surface area contributed by atoms with Gasteiger partial charge in [-0.3, -0.25) is 4.79 Å². The number of Topliss-reactive ketones (excluding diaryl/α,β-unsaturated/α-hetero) is 1. The lowest BCUT2D eigenvalue weighted by Crippen LogP contribution is -2.11. The molecule has 0 aromatic heterocycles. The number of carbonyl (C=O) groups is 2. The Morgan fingerprint density at radius 1 is 0.700 bits per heavy atom. The number of ketones is 1. The Morgan fingerprint density at radius 3 is 1.50 bits per heavy atom. The van der Waals surface area contributed by atoms with Gasteiger partial charge in [-0.2, -0.15) is 0 Å². The first-order valence-corrected chi connectivity index (χ1v) is 7.81. The third kappa shape index (κ3) is 13.5. The van der Waals surface area contributed by atoms with Gasteiger partial charge in [0, 0.05) is 13.0 Å². The van der Waals surface area contributed by atoms with E-state index in [9.17, 15) is 9.59 Å². The van der Waals surface area contributed by atoms with Crippen LogP contribution in [0, 0.1) is 0 Å². The molecule has 0 aromatic rings. The van der Waals surface area contributed by atoms with Crippen molar-refractivity contribution < 1.29 is 19.9 Å². The van der Waals surface area contributed by atoms with Crippen LogP contribution < -0.4 is 5.48 Å². The molecule has 0 fully saturated rings. The van der Waals surface area contributed by atoms with Crippen molar-refractivity contribution in [2.45, 2.75) is 77.0 Å². The zero-order valence-electron chi connectivity index (χ0n) is 12.4. The topological polar surface area (TPSA) is 86.6 Å². The lowest BCUT2D eigenvalue weighted by Gasteiger charge is -2.02. The number of hydroxylamine groups is 1. The van der Waals surface area contributed by atoms with Gasteiger partial charge in [-0.05, 0) is 12.8 Å². The summed E-state index contributed by atoms with van der Waals surface area (Å²) in [5, 5.41) is 16.8. The second-order valence-corrected chi connectivity index (χ2v) is 5.28. The molecule has 5 nitrogen and oxygen atoms in total. The molecule has 0 heterocycles. The van der Waals surface area contributed by atoms with Gasteiger partial charge in [0.05, 0.1) is 0 Å². The van der Waals surface area contributed by atoms with Crippen molar-refractivity contribution in [1.82, 2.24) is 5.48 Å². The molecular weight excluding hydrogens is 258 g/mol. The van der Waals surface area contributed by atoms with Gasteiger partial charge < -0.3 is 10.3 Å². The Kier molecular flexibility index (Phi) is 13.8. The average molecular weight is 287 g/mol. The van der Waals surface area contributed by atoms with Crippen LogP contribution in [0.15, 0.2) is 0 Å². The van der Waals surface area contributed by atoms with Crippen molar-refractivity contribution >= 4 is 11.8 Å². The van der Waals surface area contributed by atoms with Crippen LogP contribution in [0.5, 0.6) is 0 Å². The number of unbranched alkanes of at least 4 members (excludes halogenated alkanes) is 10. The molecule has 0 radical (unpaired) electrons. The summed E-state index contributed by atoms with van der Waals surface area (Å²) in [7, 11) is 0. The summed E-state index contributed by atoms with van der Waals surface area (Å²) in [6, 6.07) is 0. The van der Waals surface area contributed by atoms with Crippen LogP contribution in [0.25, 0.3) is 0 Å². The largest absolute Gasteiger partial charge is 0.476 e. The maximum absolute atomic E-state index is 10.8. The minimum absolute atomic E-state index is 0.179. The van der Waals surface area contributed by atoms with Crippen molar-refractivity contribution in [2.24, 2.45) is 0 Å². The predicted octanol–water partition coefficient (Wildman–Crippen LogP) is 3.30. The maximum Gasteiger partial charge on any atom is 0.372 e. The van der Waals surface area contributed by atoms with Gasteiger partial charge in [-0.15, -0.1) is 0 Å². The Balaban J connectivity index is 3.06. The molecule has 3 N–H and O–H groups in total. The molecule has 0 spiro atoms. The molecule has 0 aliphatic rings. The third-order valence-electron chi connectivity index (χ3n) is 3.43. The Hall–Kier alpha value is -0.940. The second kappa shape index (κ2) is 14.5. The third-order valence-corrected chi connectivity index (χ3v) is 3.43. The van der Waals surface area contributed by atoms with E-state index in [1.807, 2.05) is 0 Å². The van der Waals surface area contributed by atoms with Crippen molar-refractivity contribution in [3.05, 3.63) is 0 Å². The highest BCUT2D eigenvalue weighted by Gasteiger charge is 2.09. The summed E-state index contributed by atoms with van der Waals surface area (Å²) in [6.07, 6.45) is 12.6. The summed E-state index contributed by atoms with van der Waals surface area (Å²) >= 11 is 0. The minimum atomic E-state index is -1.31. The number of hydrogen-bond donors (Lipinski definition) is 3. The van der Waals surface area contributed by atoms with E-state index in [0.29, 0.717) is 13.0 Å². The summed E-state index contributed by atoms with van der Waals surface area (Å²) in [5.74, 6) is -1.97. The molecular formula is C15H29NO4. The van der Waals surface area contributed by atoms with E-state index in [-0.39, 0.29) is 6.42 Å². The van der Waals surface area contributed by atoms with Gasteiger partial charge in [0.25, 0.3) is 0 Å². The van der Waals surface area contributed by atoms with Crippen LogP contribution in [0.3, 0.4) is 0 Å². The van der Waals surface area contributed by atoms with Crippen molar-refractivity contribution in [2.75, 3.05) is 6.54 Å². The highest BCUT2D eigenvalue weighted by atomic mass is 16.5. The zero-order chi connectivity index (χ0) is 15.1. The fourth-order valence-corrected chi connectivity index (χ4v) is 2.19. The SMILES string of the molecule is O=C(O)C(=O)CCCCCCCCCCCCCNO. The molecule has 0 saturated carbocycles. The van der Waals surface area contributed by atoms with E-state index in [1.165, 1.54) is 44.9 Å². The zero-order valence-corrected chi connectivity index (χ0v) is 12.4. The van der Waals surface area contributed by atoms with E-state index in [4.69, 9.17) is 10.3 Å². The molecule has 0 rings (SSSR count). The molecule has 0 atom stereocenters. The normalized spacial score (nSPS) is 10.7. The van der Waals surface area contributed by atoms with Gasteiger partial charge >= 0.3 is 5.97 Å². The van der Waals surface area contributed by atoms with Gasteiger partial charge in [-0.1, -0.05) is 57.8 Å². The Morgan fingerprint density at radius 2 is 1.10 bits per heavy atom. The fraction of sp³-hybridized carbons (Fsp3) is 0.867. The van der Waals surface area contributed by atoms with E-state index in [2.05, 4.69) is 5.48 Å². The summed E-state index contributed by atoms with van der Waals surface area (Å²) in [6.45, 7) is 0.685. The quantitative estimate of drug-likeness (QED) is 0.244. The highest BCUT2D eigenvalue weighted by Crippen LogP contribution is 2.11. The number of carbonyl (C=O) groups excluding carboxylic acids is 1. The number of aliphatic carboxylic acids is 1. The summed E-state index contributed by atoms with van der Waals surface area (Å²) < 4.78 is 0. The highest BCUT2D eigenvalue weighted by molar-refractivity contribution is 6.32. The number of rotatable bonds is 15. The minimum Gasteiger partial charge on any atom is -0.476 e. The van der Waals surface area contributed by atoms with Crippen LogP contribution in [0.4, 0.5) is 0 Å². The van der Waals surface area contributed by atoms with Crippen LogP contribution in [-0.2, 0) is 9.59 Å². The summed E-state index contributed by atoms with van der Waals surface area (Å²) in [5.41, 5.74) is 2.16. The van der Waals surface area contributed by atoms with E-state index >= 15 is 0 Å². The van der Waals surface area contributed by atoms with Crippen molar-refractivity contribution in [1.29, 1.82) is 0 Å². The standard InChI is InChI=1S/C15H29NO4/c17-14(15(18)19)12-10-8-6-4-2-1-3-5-7-9-11-13-16-20/h16,20H,1-13H2,(H,18,19). The number of nitrogens with one attached hydrogen (secondary N) is 1. The lowest BCUT2D eigenvalue weighted by atomic mass is 10.0.